The molecule has 2 aromatic rings. The lowest BCUT2D eigenvalue weighted by molar-refractivity contribution is -0.274. The first-order chi connectivity index (χ1) is 16.0. The lowest BCUT2D eigenvalue weighted by atomic mass is 9.90. The van der Waals surface area contributed by atoms with Crippen LogP contribution < -0.4 is 9.64 Å². The van der Waals surface area contributed by atoms with E-state index < -0.39 is 35.1 Å². The zero-order valence-corrected chi connectivity index (χ0v) is 18.5. The Balaban J connectivity index is 2.09. The van der Waals surface area contributed by atoms with Gasteiger partial charge in [-0.15, -0.1) is 13.2 Å². The predicted molar refractivity (Wildman–Crippen MR) is 113 cm³/mol. The van der Waals surface area contributed by atoms with Crippen LogP contribution >= 0.6 is 11.6 Å². The van der Waals surface area contributed by atoms with Crippen LogP contribution in [0.4, 0.5) is 23.2 Å². The van der Waals surface area contributed by atoms with Gasteiger partial charge in [0.25, 0.3) is 17.4 Å². The molecule has 1 aliphatic rings. The molecular weight excluding hydrogens is 484 g/mol. The van der Waals surface area contributed by atoms with Crippen molar-refractivity contribution < 1.29 is 36.6 Å². The molecule has 1 unspecified atom stereocenters. The van der Waals surface area contributed by atoms with Crippen LogP contribution in [0.5, 0.6) is 5.75 Å². The third kappa shape index (κ3) is 5.86. The molecule has 1 aromatic carbocycles. The fourth-order valence-corrected chi connectivity index (χ4v) is 3.47. The van der Waals surface area contributed by atoms with Crippen molar-refractivity contribution in [3.05, 3.63) is 48.5 Å². The third-order valence-corrected chi connectivity index (χ3v) is 5.28. The second kappa shape index (κ2) is 10.4. The highest BCUT2D eigenvalue weighted by molar-refractivity contribution is 6.32. The number of amides is 2. The van der Waals surface area contributed by atoms with Crippen molar-refractivity contribution in [2.45, 2.75) is 30.9 Å². The Morgan fingerprint density at radius 3 is 2.44 bits per heavy atom. The van der Waals surface area contributed by atoms with Crippen molar-refractivity contribution in [3.8, 4) is 5.75 Å². The molecule has 1 aliphatic heterocycles. The molecule has 34 heavy (non-hydrogen) atoms. The monoisotopic (exact) mass is 502 g/mol. The molecule has 0 radical (unpaired) electrons. The van der Waals surface area contributed by atoms with Crippen LogP contribution in [-0.4, -0.2) is 53.2 Å². The number of ether oxygens (including phenoxy) is 2. The largest absolute Gasteiger partial charge is 0.573 e. The van der Waals surface area contributed by atoms with E-state index in [4.69, 9.17) is 16.3 Å². The van der Waals surface area contributed by atoms with Gasteiger partial charge in [-0.05, 0) is 37.6 Å². The van der Waals surface area contributed by atoms with Crippen LogP contribution in [0.15, 0.2) is 48.0 Å². The van der Waals surface area contributed by atoms with E-state index >= 15 is 0 Å². The summed E-state index contributed by atoms with van der Waals surface area (Å²) < 4.78 is 60.7. The fraction of sp³-hybridized carbons (Fsp3) is 0.381. The van der Waals surface area contributed by atoms with Crippen LogP contribution in [0.3, 0.4) is 0 Å². The molecule has 1 fully saturated rings. The van der Waals surface area contributed by atoms with E-state index in [1.165, 1.54) is 31.9 Å². The van der Waals surface area contributed by atoms with E-state index in [1.807, 2.05) is 0 Å². The summed E-state index contributed by atoms with van der Waals surface area (Å²) in [6, 6.07) is 3.94. The number of halogens is 5. The molecule has 1 aromatic heterocycles. The maximum Gasteiger partial charge on any atom is 0.573 e. The SMILES string of the molecule is C[C@@](C(=O)N=CC1CCOC1)(c1cncnc1)N(C(=O)[C@H](F)Cl)c1ccc(OC(F)(F)F)cc1. The van der Waals surface area contributed by atoms with E-state index in [1.54, 1.807) is 0 Å². The van der Waals surface area contributed by atoms with Gasteiger partial charge in [-0.3, -0.25) is 14.5 Å². The van der Waals surface area contributed by atoms with E-state index in [2.05, 4.69) is 19.7 Å². The molecule has 13 heteroatoms. The lowest BCUT2D eigenvalue weighted by Gasteiger charge is -2.39. The number of hydrogen-bond donors (Lipinski definition) is 0. The smallest absolute Gasteiger partial charge is 0.406 e. The number of alkyl halides is 5. The first kappa shape index (κ1) is 25.5. The van der Waals surface area contributed by atoms with Gasteiger partial charge in [0.2, 0.25) is 0 Å². The van der Waals surface area contributed by atoms with Gasteiger partial charge < -0.3 is 9.47 Å². The molecule has 3 atom stereocenters. The molecule has 1 saturated heterocycles. The van der Waals surface area contributed by atoms with Crippen molar-refractivity contribution in [1.82, 2.24) is 9.97 Å². The highest BCUT2D eigenvalue weighted by Crippen LogP contribution is 2.37. The first-order valence-electron chi connectivity index (χ1n) is 9.92. The molecule has 0 spiro atoms. The molecule has 0 bridgehead atoms. The van der Waals surface area contributed by atoms with E-state index in [0.717, 1.165) is 24.3 Å². The minimum atomic E-state index is -4.94. The average Bonchev–Trinajstić information content (AvgIpc) is 3.31. The molecule has 182 valence electrons. The molecule has 0 N–H and O–H groups in total. The summed E-state index contributed by atoms with van der Waals surface area (Å²) in [5, 5.41) is 0. The zero-order valence-electron chi connectivity index (χ0n) is 17.7. The van der Waals surface area contributed by atoms with Crippen LogP contribution in [0.2, 0.25) is 0 Å². The quantitative estimate of drug-likeness (QED) is 0.325. The van der Waals surface area contributed by atoms with Crippen molar-refractivity contribution in [1.29, 1.82) is 0 Å². The molecular formula is C21H19ClF4N4O4. The van der Waals surface area contributed by atoms with Gasteiger partial charge in [0.1, 0.15) is 12.1 Å². The second-order valence-electron chi connectivity index (χ2n) is 7.42. The maximum absolute atomic E-state index is 14.1. The Morgan fingerprint density at radius 2 is 1.91 bits per heavy atom. The van der Waals surface area contributed by atoms with Gasteiger partial charge in [0, 0.05) is 42.4 Å². The lowest BCUT2D eigenvalue weighted by Crippen LogP contribution is -2.54. The number of nitrogens with zero attached hydrogens (tertiary/aromatic N) is 4. The highest BCUT2D eigenvalue weighted by Gasteiger charge is 2.47. The van der Waals surface area contributed by atoms with Crippen molar-refractivity contribution >= 4 is 35.3 Å². The number of anilines is 1. The number of hydrogen-bond acceptors (Lipinski definition) is 6. The van der Waals surface area contributed by atoms with Gasteiger partial charge >= 0.3 is 6.36 Å². The molecule has 3 rings (SSSR count). The average molecular weight is 503 g/mol. The minimum absolute atomic E-state index is 0.0705. The number of benzene rings is 1. The van der Waals surface area contributed by atoms with Crippen molar-refractivity contribution in [2.75, 3.05) is 18.1 Å². The molecule has 2 heterocycles. The minimum Gasteiger partial charge on any atom is -0.406 e. The number of rotatable bonds is 7. The predicted octanol–water partition coefficient (Wildman–Crippen LogP) is 3.79. The molecule has 0 saturated carbocycles. The fourth-order valence-electron chi connectivity index (χ4n) is 3.37. The van der Waals surface area contributed by atoms with Gasteiger partial charge in [0.15, 0.2) is 5.54 Å². The van der Waals surface area contributed by atoms with Gasteiger partial charge in [-0.25, -0.2) is 19.4 Å². The summed E-state index contributed by atoms with van der Waals surface area (Å²) in [7, 11) is 0. The normalized spacial score (nSPS) is 18.9. The molecule has 8 nitrogen and oxygen atoms in total. The summed E-state index contributed by atoms with van der Waals surface area (Å²) in [6.45, 7) is 2.15. The summed E-state index contributed by atoms with van der Waals surface area (Å²) in [4.78, 5) is 38.7. The van der Waals surface area contributed by atoms with Gasteiger partial charge in [-0.1, -0.05) is 11.6 Å². The summed E-state index contributed by atoms with van der Waals surface area (Å²) >= 11 is 5.44. The van der Waals surface area contributed by atoms with Crippen molar-refractivity contribution in [2.24, 2.45) is 10.9 Å². The summed E-state index contributed by atoms with van der Waals surface area (Å²) in [6.07, 6.45) is 0.738. The zero-order chi connectivity index (χ0) is 24.9. The third-order valence-electron chi connectivity index (χ3n) is 5.09. The van der Waals surface area contributed by atoms with E-state index in [-0.39, 0.29) is 17.2 Å². The Morgan fingerprint density at radius 1 is 1.26 bits per heavy atom. The second-order valence-corrected chi connectivity index (χ2v) is 7.81. The van der Waals surface area contributed by atoms with Crippen LogP contribution in [0, 0.1) is 5.92 Å². The number of aromatic nitrogens is 2. The standard InChI is InChI=1S/C21H19ClF4N4O4/c1-20(14-9-27-12-28-10-14,19(32)29-8-13-6-7-33-11-13)30(18(31)17(22)23)15-2-4-16(5-3-15)34-21(24,25)26/h2-5,8-10,12-13,17H,6-7,11H2,1H3/t13?,17-,20-/m0/s1. The van der Waals surface area contributed by atoms with Gasteiger partial charge in [-0.2, -0.15) is 0 Å². The van der Waals surface area contributed by atoms with Crippen LogP contribution in [0.25, 0.3) is 0 Å². The summed E-state index contributed by atoms with van der Waals surface area (Å²) in [5.41, 5.74) is -4.64. The number of carbonyl (C=O) groups excluding carboxylic acids is 2. The number of aliphatic imine (C=N–C) groups is 1. The molecule has 2 amide bonds. The van der Waals surface area contributed by atoms with Crippen molar-refractivity contribution in [3.63, 3.8) is 0 Å². The Bertz CT molecular complexity index is 1030. The van der Waals surface area contributed by atoms with E-state index in [9.17, 15) is 27.2 Å². The maximum atomic E-state index is 14.1. The Kier molecular flexibility index (Phi) is 7.82. The molecule has 0 aliphatic carbocycles. The topological polar surface area (TPSA) is 94.0 Å². The summed E-state index contributed by atoms with van der Waals surface area (Å²) in [5.74, 6) is -2.94. The van der Waals surface area contributed by atoms with Crippen LogP contribution in [0.1, 0.15) is 18.9 Å². The van der Waals surface area contributed by atoms with E-state index in [0.29, 0.717) is 24.5 Å². The van der Waals surface area contributed by atoms with Crippen LogP contribution in [-0.2, 0) is 19.9 Å². The number of carbonyl (C=O) groups is 2. The highest BCUT2D eigenvalue weighted by atomic mass is 35.5. The van der Waals surface area contributed by atoms with Gasteiger partial charge in [0.05, 0.1) is 6.61 Å². The Labute approximate surface area is 196 Å². The Hall–Kier alpha value is -3.12. The first-order valence-corrected chi connectivity index (χ1v) is 10.4.